The smallest absolute Gasteiger partial charge is 0.0917 e. The van der Waals surface area contributed by atoms with Crippen LogP contribution in [0.5, 0.6) is 0 Å². The van der Waals surface area contributed by atoms with Crippen LogP contribution in [0.4, 0.5) is 5.69 Å². The van der Waals surface area contributed by atoms with Gasteiger partial charge >= 0.3 is 0 Å². The number of hydrogen-bond acceptors (Lipinski definition) is 3. The Morgan fingerprint density at radius 3 is 2.69 bits per heavy atom. The second-order valence-electron chi connectivity index (χ2n) is 4.67. The average Bonchev–Trinajstić information content (AvgIpc) is 2.65. The summed E-state index contributed by atoms with van der Waals surface area (Å²) in [6, 6.07) is 8.09. The second kappa shape index (κ2) is 4.85. The maximum atomic E-state index is 10.1. The lowest BCUT2D eigenvalue weighted by Crippen LogP contribution is -2.31. The topological polar surface area (TPSA) is 49.5 Å². The average molecular weight is 220 g/mol. The van der Waals surface area contributed by atoms with Crippen LogP contribution in [0.25, 0.3) is 0 Å². The SMILES string of the molecule is CC1CCCN1CC(O)c1ccc(N)cc1. The zero-order valence-electron chi connectivity index (χ0n) is 9.76. The fourth-order valence-electron chi connectivity index (χ4n) is 2.31. The van der Waals surface area contributed by atoms with Crippen LogP contribution in [0.2, 0.25) is 0 Å². The molecule has 88 valence electrons. The van der Waals surface area contributed by atoms with Gasteiger partial charge in [-0.1, -0.05) is 12.1 Å². The number of rotatable bonds is 3. The van der Waals surface area contributed by atoms with Crippen LogP contribution in [0, 0.1) is 0 Å². The molecular weight excluding hydrogens is 200 g/mol. The molecule has 1 heterocycles. The summed E-state index contributed by atoms with van der Waals surface area (Å²) in [5.41, 5.74) is 7.31. The van der Waals surface area contributed by atoms with E-state index >= 15 is 0 Å². The lowest BCUT2D eigenvalue weighted by Gasteiger charge is -2.24. The fraction of sp³-hybridized carbons (Fsp3) is 0.538. The van der Waals surface area contributed by atoms with Crippen LogP contribution in [0.3, 0.4) is 0 Å². The van der Waals surface area contributed by atoms with Gasteiger partial charge in [-0.15, -0.1) is 0 Å². The summed E-state index contributed by atoms with van der Waals surface area (Å²) >= 11 is 0. The van der Waals surface area contributed by atoms with Gasteiger partial charge in [-0.2, -0.15) is 0 Å². The molecule has 0 spiro atoms. The van der Waals surface area contributed by atoms with E-state index in [1.54, 1.807) is 0 Å². The first kappa shape index (κ1) is 11.4. The van der Waals surface area contributed by atoms with Crippen LogP contribution in [-0.2, 0) is 0 Å². The third kappa shape index (κ3) is 2.54. The number of likely N-dealkylation sites (tertiary alicyclic amines) is 1. The Morgan fingerprint density at radius 1 is 1.44 bits per heavy atom. The normalized spacial score (nSPS) is 23.5. The van der Waals surface area contributed by atoms with Crippen molar-refractivity contribution in [3.8, 4) is 0 Å². The van der Waals surface area contributed by atoms with Crippen molar-refractivity contribution in [2.75, 3.05) is 18.8 Å². The van der Waals surface area contributed by atoms with E-state index in [2.05, 4.69) is 11.8 Å². The Morgan fingerprint density at radius 2 is 2.12 bits per heavy atom. The molecule has 0 bridgehead atoms. The van der Waals surface area contributed by atoms with Gasteiger partial charge in [-0.3, -0.25) is 4.90 Å². The van der Waals surface area contributed by atoms with E-state index in [4.69, 9.17) is 5.73 Å². The van der Waals surface area contributed by atoms with Gasteiger partial charge in [-0.25, -0.2) is 0 Å². The van der Waals surface area contributed by atoms with Crippen molar-refractivity contribution in [3.05, 3.63) is 29.8 Å². The molecule has 0 radical (unpaired) electrons. The molecular formula is C13H20N2O. The molecule has 0 aromatic heterocycles. The number of aliphatic hydroxyl groups is 1. The molecule has 0 amide bonds. The number of hydrogen-bond donors (Lipinski definition) is 2. The van der Waals surface area contributed by atoms with Crippen molar-refractivity contribution in [1.82, 2.24) is 4.90 Å². The first-order valence-electron chi connectivity index (χ1n) is 5.94. The van der Waals surface area contributed by atoms with E-state index in [9.17, 15) is 5.11 Å². The van der Waals surface area contributed by atoms with E-state index in [0.29, 0.717) is 6.04 Å². The molecule has 1 aliphatic heterocycles. The number of anilines is 1. The molecule has 3 N–H and O–H groups in total. The summed E-state index contributed by atoms with van der Waals surface area (Å²) in [6.45, 7) is 4.06. The largest absolute Gasteiger partial charge is 0.399 e. The molecule has 0 aliphatic carbocycles. The Balaban J connectivity index is 1.97. The molecule has 3 nitrogen and oxygen atoms in total. The number of benzene rings is 1. The maximum absolute atomic E-state index is 10.1. The van der Waals surface area contributed by atoms with Crippen LogP contribution in [0.15, 0.2) is 24.3 Å². The van der Waals surface area contributed by atoms with Crippen molar-refractivity contribution in [1.29, 1.82) is 0 Å². The summed E-state index contributed by atoms with van der Waals surface area (Å²) in [6.07, 6.45) is 2.09. The highest BCUT2D eigenvalue weighted by molar-refractivity contribution is 5.39. The number of nitrogens with zero attached hydrogens (tertiary/aromatic N) is 1. The van der Waals surface area contributed by atoms with Crippen LogP contribution in [0.1, 0.15) is 31.4 Å². The predicted molar refractivity (Wildman–Crippen MR) is 66.1 cm³/mol. The van der Waals surface area contributed by atoms with Gasteiger partial charge in [-0.05, 0) is 44.0 Å². The first-order valence-corrected chi connectivity index (χ1v) is 5.94. The highest BCUT2D eigenvalue weighted by atomic mass is 16.3. The summed E-state index contributed by atoms with van der Waals surface area (Å²) in [7, 11) is 0. The van der Waals surface area contributed by atoms with Gasteiger partial charge in [0, 0.05) is 18.3 Å². The van der Waals surface area contributed by atoms with Gasteiger partial charge in [0.1, 0.15) is 0 Å². The Kier molecular flexibility index (Phi) is 3.46. The highest BCUT2D eigenvalue weighted by Gasteiger charge is 2.22. The highest BCUT2D eigenvalue weighted by Crippen LogP contribution is 2.22. The van der Waals surface area contributed by atoms with E-state index in [-0.39, 0.29) is 0 Å². The number of nitrogens with two attached hydrogens (primary N) is 1. The molecule has 1 aliphatic rings. The van der Waals surface area contributed by atoms with Gasteiger partial charge in [0.15, 0.2) is 0 Å². The number of aliphatic hydroxyl groups excluding tert-OH is 1. The van der Waals surface area contributed by atoms with Crippen molar-refractivity contribution >= 4 is 5.69 Å². The predicted octanol–water partition coefficient (Wildman–Crippen LogP) is 1.79. The summed E-state index contributed by atoms with van der Waals surface area (Å²) < 4.78 is 0. The van der Waals surface area contributed by atoms with Crippen molar-refractivity contribution < 1.29 is 5.11 Å². The molecule has 1 aromatic carbocycles. The molecule has 2 unspecified atom stereocenters. The number of nitrogen functional groups attached to an aromatic ring is 1. The minimum absolute atomic E-state index is 0.402. The van der Waals surface area contributed by atoms with Crippen molar-refractivity contribution in [3.63, 3.8) is 0 Å². The molecule has 1 fully saturated rings. The van der Waals surface area contributed by atoms with Gasteiger partial charge < -0.3 is 10.8 Å². The van der Waals surface area contributed by atoms with Crippen LogP contribution >= 0.6 is 0 Å². The zero-order valence-corrected chi connectivity index (χ0v) is 9.76. The molecule has 0 saturated carbocycles. The van der Waals surface area contributed by atoms with E-state index in [1.165, 1.54) is 12.8 Å². The van der Waals surface area contributed by atoms with Crippen LogP contribution in [-0.4, -0.2) is 29.1 Å². The Labute approximate surface area is 96.9 Å². The Hall–Kier alpha value is -1.06. The quantitative estimate of drug-likeness (QED) is 0.763. The van der Waals surface area contributed by atoms with Crippen molar-refractivity contribution in [2.45, 2.75) is 31.9 Å². The number of β-amino-alcohol motifs (C(OH)–C–C–N with tert-alkyl or cyclic N) is 1. The van der Waals surface area contributed by atoms with Gasteiger partial charge in [0.2, 0.25) is 0 Å². The first-order chi connectivity index (χ1) is 7.66. The molecule has 3 heteroatoms. The maximum Gasteiger partial charge on any atom is 0.0917 e. The van der Waals surface area contributed by atoms with E-state index < -0.39 is 6.10 Å². The van der Waals surface area contributed by atoms with Gasteiger partial charge in [0.05, 0.1) is 6.10 Å². The monoisotopic (exact) mass is 220 g/mol. The molecule has 1 aromatic rings. The summed E-state index contributed by atoms with van der Waals surface area (Å²) in [5.74, 6) is 0. The molecule has 16 heavy (non-hydrogen) atoms. The summed E-state index contributed by atoms with van der Waals surface area (Å²) in [4.78, 5) is 2.35. The third-order valence-electron chi connectivity index (χ3n) is 3.42. The van der Waals surface area contributed by atoms with Crippen molar-refractivity contribution in [2.24, 2.45) is 0 Å². The fourth-order valence-corrected chi connectivity index (χ4v) is 2.31. The second-order valence-corrected chi connectivity index (χ2v) is 4.67. The third-order valence-corrected chi connectivity index (χ3v) is 3.42. The Bertz CT molecular complexity index is 336. The molecule has 2 atom stereocenters. The van der Waals surface area contributed by atoms with Crippen LogP contribution < -0.4 is 5.73 Å². The standard InChI is InChI=1S/C13H20N2O/c1-10-3-2-8-15(10)9-13(16)11-4-6-12(14)7-5-11/h4-7,10,13,16H,2-3,8-9,14H2,1H3. The van der Waals surface area contributed by atoms with Gasteiger partial charge in [0.25, 0.3) is 0 Å². The minimum Gasteiger partial charge on any atom is -0.399 e. The zero-order chi connectivity index (χ0) is 11.5. The molecule has 2 rings (SSSR count). The lowest BCUT2D eigenvalue weighted by atomic mass is 10.1. The molecule has 1 saturated heterocycles. The van der Waals surface area contributed by atoms with E-state index in [1.807, 2.05) is 24.3 Å². The summed E-state index contributed by atoms with van der Waals surface area (Å²) in [5, 5.41) is 10.1. The minimum atomic E-state index is -0.402. The van der Waals surface area contributed by atoms with E-state index in [0.717, 1.165) is 24.3 Å². The lowest BCUT2D eigenvalue weighted by molar-refractivity contribution is 0.110.